The number of nitrogens with zero attached hydrogens (tertiary/aromatic N) is 3. The number of benzene rings is 1. The predicted molar refractivity (Wildman–Crippen MR) is 114 cm³/mol. The van der Waals surface area contributed by atoms with Crippen LogP contribution in [0.15, 0.2) is 48.7 Å². The molecule has 1 N–H and O–H groups in total. The largest absolute Gasteiger partial charge is 0.418 e. The number of nitrogens with one attached hydrogen (secondary N) is 1. The summed E-state index contributed by atoms with van der Waals surface area (Å²) in [6, 6.07) is 10.9. The average molecular weight is 439 g/mol. The molecule has 30 heavy (non-hydrogen) atoms. The highest BCUT2D eigenvalue weighted by Gasteiger charge is 2.33. The lowest BCUT2D eigenvalue weighted by atomic mass is 10.1. The van der Waals surface area contributed by atoms with E-state index in [4.69, 9.17) is 17.0 Å². The van der Waals surface area contributed by atoms with Gasteiger partial charge in [0, 0.05) is 32.4 Å². The van der Waals surface area contributed by atoms with Crippen LogP contribution in [0.3, 0.4) is 0 Å². The fourth-order valence-electron chi connectivity index (χ4n) is 3.28. The second kappa shape index (κ2) is 10.7. The van der Waals surface area contributed by atoms with E-state index in [2.05, 4.69) is 15.2 Å². The third-order valence-electron chi connectivity index (χ3n) is 4.85. The highest BCUT2D eigenvalue weighted by atomic mass is 32.1. The summed E-state index contributed by atoms with van der Waals surface area (Å²) in [5.74, 6) is 0. The summed E-state index contributed by atoms with van der Waals surface area (Å²) in [7, 11) is 0. The summed E-state index contributed by atoms with van der Waals surface area (Å²) < 4.78 is 45.4. The number of aromatic nitrogens is 1. The first-order valence-corrected chi connectivity index (χ1v) is 10.3. The van der Waals surface area contributed by atoms with E-state index in [1.54, 1.807) is 12.3 Å². The SMILES string of the molecule is FC(F)(F)c1ccccc1NC(=S)N(CCCN1CCOCC1)Cc1ccccn1. The number of para-hydroxylation sites is 1. The molecule has 0 spiro atoms. The lowest BCUT2D eigenvalue weighted by molar-refractivity contribution is -0.136. The zero-order chi connectivity index (χ0) is 21.4. The van der Waals surface area contributed by atoms with Gasteiger partial charge in [0.05, 0.1) is 36.7 Å². The van der Waals surface area contributed by atoms with Crippen LogP contribution < -0.4 is 5.32 Å². The molecule has 0 aliphatic carbocycles. The minimum absolute atomic E-state index is 0.0470. The summed E-state index contributed by atoms with van der Waals surface area (Å²) in [6.45, 7) is 5.14. The molecule has 9 heteroatoms. The summed E-state index contributed by atoms with van der Waals surface area (Å²) in [5.41, 5.74) is 0.0183. The van der Waals surface area contributed by atoms with Crippen LogP contribution in [0.4, 0.5) is 18.9 Å². The van der Waals surface area contributed by atoms with Gasteiger partial charge in [-0.3, -0.25) is 9.88 Å². The second-order valence-electron chi connectivity index (χ2n) is 7.02. The van der Waals surface area contributed by atoms with Crippen LogP contribution >= 0.6 is 12.2 Å². The van der Waals surface area contributed by atoms with E-state index in [1.165, 1.54) is 12.1 Å². The van der Waals surface area contributed by atoms with Gasteiger partial charge in [-0.25, -0.2) is 0 Å². The molecule has 0 radical (unpaired) electrons. The van der Waals surface area contributed by atoms with Crippen molar-refractivity contribution in [3.8, 4) is 0 Å². The Hall–Kier alpha value is -2.23. The van der Waals surface area contributed by atoms with Gasteiger partial charge in [0.1, 0.15) is 0 Å². The number of anilines is 1. The van der Waals surface area contributed by atoms with Crippen molar-refractivity contribution in [3.05, 3.63) is 59.9 Å². The van der Waals surface area contributed by atoms with Crippen LogP contribution in [0.5, 0.6) is 0 Å². The molecule has 1 saturated heterocycles. The Morgan fingerprint density at radius 2 is 1.87 bits per heavy atom. The molecule has 1 aromatic carbocycles. The number of alkyl halides is 3. The van der Waals surface area contributed by atoms with Gasteiger partial charge >= 0.3 is 6.18 Å². The van der Waals surface area contributed by atoms with Gasteiger partial charge in [0.15, 0.2) is 5.11 Å². The molecule has 1 fully saturated rings. The van der Waals surface area contributed by atoms with Crippen molar-refractivity contribution in [2.45, 2.75) is 19.1 Å². The van der Waals surface area contributed by atoms with Crippen LogP contribution in [0.2, 0.25) is 0 Å². The fourth-order valence-corrected chi connectivity index (χ4v) is 3.55. The zero-order valence-electron chi connectivity index (χ0n) is 16.6. The van der Waals surface area contributed by atoms with E-state index in [1.807, 2.05) is 23.1 Å². The maximum Gasteiger partial charge on any atom is 0.418 e. The van der Waals surface area contributed by atoms with Crippen molar-refractivity contribution < 1.29 is 17.9 Å². The molecule has 0 unspecified atom stereocenters. The minimum atomic E-state index is -4.46. The van der Waals surface area contributed by atoms with Crippen LogP contribution in [-0.4, -0.2) is 59.3 Å². The van der Waals surface area contributed by atoms with Gasteiger partial charge in [-0.2, -0.15) is 13.2 Å². The lowest BCUT2D eigenvalue weighted by Gasteiger charge is -2.29. The van der Waals surface area contributed by atoms with E-state index in [0.29, 0.717) is 13.1 Å². The Bertz CT molecular complexity index is 813. The standard InChI is InChI=1S/C21H25F3N4OS/c22-21(23,24)18-7-1-2-8-19(18)26-20(30)28(16-17-6-3-4-9-25-17)11-5-10-27-12-14-29-15-13-27/h1-4,6-9H,5,10-16H2,(H,26,30). The molecular weight excluding hydrogens is 413 g/mol. The van der Waals surface area contributed by atoms with Crippen molar-refractivity contribution in [2.75, 3.05) is 44.7 Å². The minimum Gasteiger partial charge on any atom is -0.379 e. The molecular formula is C21H25F3N4OS. The zero-order valence-corrected chi connectivity index (χ0v) is 17.4. The third-order valence-corrected chi connectivity index (χ3v) is 5.21. The molecule has 1 aliphatic heterocycles. The number of rotatable bonds is 7. The monoisotopic (exact) mass is 438 g/mol. The molecule has 2 heterocycles. The van der Waals surface area contributed by atoms with Crippen LogP contribution in [0.1, 0.15) is 17.7 Å². The molecule has 1 aliphatic rings. The van der Waals surface area contributed by atoms with E-state index < -0.39 is 11.7 Å². The third kappa shape index (κ3) is 6.65. The quantitative estimate of drug-likeness (QED) is 0.659. The molecule has 0 amide bonds. The van der Waals surface area contributed by atoms with Gasteiger partial charge in [-0.15, -0.1) is 0 Å². The number of hydrogen-bond donors (Lipinski definition) is 1. The topological polar surface area (TPSA) is 40.6 Å². The maximum absolute atomic E-state index is 13.3. The van der Waals surface area contributed by atoms with Gasteiger partial charge in [-0.05, 0) is 42.9 Å². The maximum atomic E-state index is 13.3. The average Bonchev–Trinajstić information content (AvgIpc) is 2.74. The molecule has 0 bridgehead atoms. The number of thiocarbonyl (C=S) groups is 1. The van der Waals surface area contributed by atoms with Gasteiger partial charge in [-0.1, -0.05) is 18.2 Å². The Morgan fingerprint density at radius 3 is 2.57 bits per heavy atom. The van der Waals surface area contributed by atoms with Crippen LogP contribution in [0.25, 0.3) is 0 Å². The van der Waals surface area contributed by atoms with Crippen molar-refractivity contribution >= 4 is 23.0 Å². The van der Waals surface area contributed by atoms with Crippen LogP contribution in [0, 0.1) is 0 Å². The Kier molecular flexibility index (Phi) is 8.01. The normalized spacial score (nSPS) is 15.0. The first-order valence-electron chi connectivity index (χ1n) is 9.85. The summed E-state index contributed by atoms with van der Waals surface area (Å²) in [4.78, 5) is 8.51. The first-order chi connectivity index (χ1) is 14.4. The number of pyridine rings is 1. The van der Waals surface area contributed by atoms with Gasteiger partial charge < -0.3 is 15.0 Å². The highest BCUT2D eigenvalue weighted by Crippen LogP contribution is 2.34. The van der Waals surface area contributed by atoms with Crippen molar-refractivity contribution in [2.24, 2.45) is 0 Å². The smallest absolute Gasteiger partial charge is 0.379 e. The Balaban J connectivity index is 1.68. The van der Waals surface area contributed by atoms with E-state index >= 15 is 0 Å². The van der Waals surface area contributed by atoms with Crippen molar-refractivity contribution in [1.29, 1.82) is 0 Å². The lowest BCUT2D eigenvalue weighted by Crippen LogP contribution is -2.40. The molecule has 0 atom stereocenters. The summed E-state index contributed by atoms with van der Waals surface area (Å²) in [5, 5.41) is 3.05. The molecule has 3 rings (SSSR count). The second-order valence-corrected chi connectivity index (χ2v) is 7.41. The van der Waals surface area contributed by atoms with Crippen LogP contribution in [-0.2, 0) is 17.5 Å². The predicted octanol–water partition coefficient (Wildman–Crippen LogP) is 4.02. The van der Waals surface area contributed by atoms with Gasteiger partial charge in [0.25, 0.3) is 0 Å². The first kappa shape index (κ1) is 22.5. The van der Waals surface area contributed by atoms with Gasteiger partial charge in [0.2, 0.25) is 0 Å². The highest BCUT2D eigenvalue weighted by molar-refractivity contribution is 7.80. The molecule has 162 valence electrons. The Morgan fingerprint density at radius 1 is 1.13 bits per heavy atom. The fraction of sp³-hybridized carbons (Fsp3) is 0.429. The molecule has 5 nitrogen and oxygen atoms in total. The number of hydrogen-bond acceptors (Lipinski definition) is 4. The molecule has 0 saturated carbocycles. The number of morpholine rings is 1. The molecule has 1 aromatic heterocycles. The number of halogens is 3. The number of ether oxygens (including phenoxy) is 1. The van der Waals surface area contributed by atoms with E-state index in [9.17, 15) is 13.2 Å². The van der Waals surface area contributed by atoms with Crippen molar-refractivity contribution in [1.82, 2.24) is 14.8 Å². The van der Waals surface area contributed by atoms with E-state index in [0.717, 1.165) is 51.0 Å². The Labute approximate surface area is 179 Å². The van der Waals surface area contributed by atoms with E-state index in [-0.39, 0.29) is 10.8 Å². The summed E-state index contributed by atoms with van der Waals surface area (Å²) in [6.07, 6.45) is -1.94. The summed E-state index contributed by atoms with van der Waals surface area (Å²) >= 11 is 5.50. The van der Waals surface area contributed by atoms with Crippen molar-refractivity contribution in [3.63, 3.8) is 0 Å². The molecule has 2 aromatic rings.